The van der Waals surface area contributed by atoms with E-state index in [0.29, 0.717) is 5.41 Å². The third-order valence-corrected chi connectivity index (χ3v) is 4.81. The van der Waals surface area contributed by atoms with Crippen molar-refractivity contribution >= 4 is 0 Å². The molecule has 0 aromatic rings. The molecule has 0 atom stereocenters. The summed E-state index contributed by atoms with van der Waals surface area (Å²) in [6.45, 7) is 4.52. The Kier molecular flexibility index (Phi) is 2.94. The van der Waals surface area contributed by atoms with E-state index < -0.39 is 0 Å². The monoisotopic (exact) mass is 225 g/mol. The highest BCUT2D eigenvalue weighted by atomic mass is 16.5. The summed E-state index contributed by atoms with van der Waals surface area (Å²) in [4.78, 5) is 2.65. The lowest BCUT2D eigenvalue weighted by atomic mass is 9.72. The molecule has 3 fully saturated rings. The maximum atomic E-state index is 9.51. The second-order valence-corrected chi connectivity index (χ2v) is 5.98. The fourth-order valence-electron chi connectivity index (χ4n) is 3.62. The Morgan fingerprint density at radius 3 is 2.25 bits per heavy atom. The van der Waals surface area contributed by atoms with Gasteiger partial charge in [0.2, 0.25) is 0 Å². The van der Waals surface area contributed by atoms with Crippen LogP contribution < -0.4 is 0 Å². The number of nitrogens with zero attached hydrogens (tertiary/aromatic N) is 1. The zero-order valence-corrected chi connectivity index (χ0v) is 10.0. The molecule has 92 valence electrons. The maximum Gasteiger partial charge on any atom is 0.0541 e. The van der Waals surface area contributed by atoms with Crippen molar-refractivity contribution in [2.75, 3.05) is 26.3 Å². The van der Waals surface area contributed by atoms with Crippen LogP contribution in [0.2, 0.25) is 0 Å². The van der Waals surface area contributed by atoms with Gasteiger partial charge in [-0.1, -0.05) is 0 Å². The molecule has 2 aliphatic heterocycles. The van der Waals surface area contributed by atoms with E-state index in [1.54, 1.807) is 0 Å². The van der Waals surface area contributed by atoms with Crippen molar-refractivity contribution in [3.63, 3.8) is 0 Å². The van der Waals surface area contributed by atoms with E-state index in [1.165, 1.54) is 38.8 Å². The van der Waals surface area contributed by atoms with Crippen molar-refractivity contribution in [1.82, 2.24) is 4.90 Å². The highest BCUT2D eigenvalue weighted by Crippen LogP contribution is 2.42. The molecule has 3 rings (SSSR count). The van der Waals surface area contributed by atoms with Crippen molar-refractivity contribution in [3.8, 4) is 0 Å². The number of ether oxygens (including phenoxy) is 1. The summed E-state index contributed by atoms with van der Waals surface area (Å²) >= 11 is 0. The van der Waals surface area contributed by atoms with Gasteiger partial charge in [-0.05, 0) is 38.5 Å². The third-order valence-electron chi connectivity index (χ3n) is 4.81. The van der Waals surface area contributed by atoms with Gasteiger partial charge < -0.3 is 9.84 Å². The van der Waals surface area contributed by atoms with Crippen LogP contribution in [0.1, 0.15) is 38.5 Å². The topological polar surface area (TPSA) is 32.7 Å². The third kappa shape index (κ3) is 2.01. The molecule has 2 heterocycles. The zero-order chi connectivity index (χ0) is 11.0. The first-order chi connectivity index (χ1) is 7.77. The number of hydrogen-bond donors (Lipinski definition) is 1. The second-order valence-electron chi connectivity index (χ2n) is 5.98. The van der Waals surface area contributed by atoms with E-state index in [0.717, 1.165) is 32.1 Å². The predicted octanol–water partition coefficient (Wildman–Crippen LogP) is 1.40. The average molecular weight is 225 g/mol. The highest BCUT2D eigenvalue weighted by molar-refractivity contribution is 4.99. The molecular formula is C13H23NO2. The Labute approximate surface area is 97.8 Å². The van der Waals surface area contributed by atoms with Gasteiger partial charge in [-0.15, -0.1) is 0 Å². The fourth-order valence-corrected chi connectivity index (χ4v) is 3.62. The van der Waals surface area contributed by atoms with Crippen LogP contribution in [0.5, 0.6) is 0 Å². The summed E-state index contributed by atoms with van der Waals surface area (Å²) in [5.74, 6) is 0. The summed E-state index contributed by atoms with van der Waals surface area (Å²) in [6, 6.07) is 0.761. The Morgan fingerprint density at radius 2 is 1.62 bits per heavy atom. The molecule has 1 aliphatic carbocycles. The van der Waals surface area contributed by atoms with Crippen LogP contribution in [0, 0.1) is 5.41 Å². The van der Waals surface area contributed by atoms with E-state index in [9.17, 15) is 5.11 Å². The van der Waals surface area contributed by atoms with E-state index in [1.807, 2.05) is 0 Å². The molecule has 0 radical (unpaired) electrons. The van der Waals surface area contributed by atoms with E-state index in [4.69, 9.17) is 4.74 Å². The van der Waals surface area contributed by atoms with Gasteiger partial charge >= 0.3 is 0 Å². The molecule has 0 unspecified atom stereocenters. The molecule has 0 aromatic heterocycles. The predicted molar refractivity (Wildman–Crippen MR) is 62.3 cm³/mol. The van der Waals surface area contributed by atoms with Gasteiger partial charge in [0.15, 0.2) is 0 Å². The minimum atomic E-state index is -0.0189. The fraction of sp³-hybridized carbons (Fsp3) is 1.00. The standard InChI is InChI=1S/C13H23NO2/c15-12-3-1-11(2-4-12)14-9-13(10-14)5-7-16-8-6-13/h11-12,15H,1-10H2. The molecule has 1 saturated carbocycles. The average Bonchev–Trinajstić information content (AvgIpc) is 2.28. The van der Waals surface area contributed by atoms with Gasteiger partial charge in [-0.2, -0.15) is 0 Å². The van der Waals surface area contributed by atoms with Crippen LogP contribution in [0.15, 0.2) is 0 Å². The Balaban J connectivity index is 1.49. The number of aliphatic hydroxyl groups is 1. The first-order valence-corrected chi connectivity index (χ1v) is 6.77. The first-order valence-electron chi connectivity index (χ1n) is 6.77. The van der Waals surface area contributed by atoms with Crippen LogP contribution >= 0.6 is 0 Å². The molecule has 0 bridgehead atoms. The van der Waals surface area contributed by atoms with Crippen LogP contribution in [0.25, 0.3) is 0 Å². The first kappa shape index (κ1) is 11.0. The molecule has 1 spiro atoms. The maximum absolute atomic E-state index is 9.51. The van der Waals surface area contributed by atoms with Crippen molar-refractivity contribution in [2.45, 2.75) is 50.7 Å². The lowest BCUT2D eigenvalue weighted by Gasteiger charge is -2.56. The Morgan fingerprint density at radius 1 is 1.00 bits per heavy atom. The number of rotatable bonds is 1. The lowest BCUT2D eigenvalue weighted by molar-refractivity contribution is -0.105. The molecule has 0 aromatic carbocycles. The summed E-state index contributed by atoms with van der Waals surface area (Å²) in [6.07, 6.45) is 6.93. The minimum absolute atomic E-state index is 0.0189. The summed E-state index contributed by atoms with van der Waals surface area (Å²) in [5.41, 5.74) is 0.605. The highest BCUT2D eigenvalue weighted by Gasteiger charge is 2.46. The summed E-state index contributed by atoms with van der Waals surface area (Å²) in [5, 5.41) is 9.51. The van der Waals surface area contributed by atoms with Gasteiger partial charge in [0.05, 0.1) is 6.10 Å². The van der Waals surface area contributed by atoms with E-state index in [-0.39, 0.29) is 6.10 Å². The van der Waals surface area contributed by atoms with E-state index in [2.05, 4.69) is 4.90 Å². The largest absolute Gasteiger partial charge is 0.393 e. The Hall–Kier alpha value is -0.120. The van der Waals surface area contributed by atoms with Crippen molar-refractivity contribution in [3.05, 3.63) is 0 Å². The molecule has 2 saturated heterocycles. The van der Waals surface area contributed by atoms with Gasteiger partial charge in [0, 0.05) is 37.8 Å². The van der Waals surface area contributed by atoms with Crippen LogP contribution in [0.4, 0.5) is 0 Å². The molecular weight excluding hydrogens is 202 g/mol. The Bertz CT molecular complexity index is 234. The smallest absolute Gasteiger partial charge is 0.0541 e. The number of hydrogen-bond acceptors (Lipinski definition) is 3. The normalized spacial score (nSPS) is 39.6. The molecule has 0 amide bonds. The molecule has 1 N–H and O–H groups in total. The molecule has 3 heteroatoms. The second kappa shape index (κ2) is 4.28. The quantitative estimate of drug-likeness (QED) is 0.732. The lowest BCUT2D eigenvalue weighted by Crippen LogP contribution is -2.62. The van der Waals surface area contributed by atoms with Gasteiger partial charge in [0.1, 0.15) is 0 Å². The molecule has 3 aliphatic rings. The molecule has 3 nitrogen and oxygen atoms in total. The minimum Gasteiger partial charge on any atom is -0.393 e. The van der Waals surface area contributed by atoms with E-state index >= 15 is 0 Å². The van der Waals surface area contributed by atoms with Gasteiger partial charge in [-0.25, -0.2) is 0 Å². The van der Waals surface area contributed by atoms with Crippen LogP contribution in [-0.4, -0.2) is 48.5 Å². The van der Waals surface area contributed by atoms with Crippen molar-refractivity contribution < 1.29 is 9.84 Å². The van der Waals surface area contributed by atoms with Crippen molar-refractivity contribution in [2.24, 2.45) is 5.41 Å². The van der Waals surface area contributed by atoms with Crippen molar-refractivity contribution in [1.29, 1.82) is 0 Å². The summed E-state index contributed by atoms with van der Waals surface area (Å²) in [7, 11) is 0. The van der Waals surface area contributed by atoms with Gasteiger partial charge in [-0.3, -0.25) is 4.90 Å². The van der Waals surface area contributed by atoms with Crippen LogP contribution in [-0.2, 0) is 4.74 Å². The zero-order valence-electron chi connectivity index (χ0n) is 10.0. The van der Waals surface area contributed by atoms with Crippen LogP contribution in [0.3, 0.4) is 0 Å². The summed E-state index contributed by atoms with van der Waals surface area (Å²) < 4.78 is 5.44. The number of likely N-dealkylation sites (tertiary alicyclic amines) is 1. The van der Waals surface area contributed by atoms with Gasteiger partial charge in [0.25, 0.3) is 0 Å². The SMILES string of the molecule is OC1CCC(N2CC3(CCOCC3)C2)CC1. The number of aliphatic hydroxyl groups excluding tert-OH is 1. The molecule has 16 heavy (non-hydrogen) atoms.